The van der Waals surface area contributed by atoms with Gasteiger partial charge >= 0.3 is 0 Å². The first-order chi connectivity index (χ1) is 22.3. The van der Waals surface area contributed by atoms with Crippen molar-refractivity contribution in [1.82, 2.24) is 14.5 Å². The molecule has 0 aliphatic carbocycles. The maximum Gasteiger partial charge on any atom is 0.281 e. The number of pyridine rings is 2. The minimum absolute atomic E-state index is 0.00419. The number of nitrogens with zero attached hydrogens (tertiary/aromatic N) is 6. The van der Waals surface area contributed by atoms with E-state index in [1.165, 1.54) is 47.3 Å². The number of nitriles is 1. The summed E-state index contributed by atoms with van der Waals surface area (Å²) in [5.41, 5.74) is -1.84. The zero-order valence-electron chi connectivity index (χ0n) is 25.9. The third-order valence-corrected chi connectivity index (χ3v) is 9.12. The number of hydrogen-bond acceptors (Lipinski definition) is 7. The lowest BCUT2D eigenvalue weighted by molar-refractivity contribution is -0.130. The second kappa shape index (κ2) is 11.5. The van der Waals surface area contributed by atoms with E-state index in [4.69, 9.17) is 11.6 Å². The zero-order valence-corrected chi connectivity index (χ0v) is 26.6. The van der Waals surface area contributed by atoms with Crippen molar-refractivity contribution >= 4 is 45.7 Å². The Balaban J connectivity index is 1.82. The van der Waals surface area contributed by atoms with Crippen LogP contribution in [0.4, 0.5) is 20.2 Å². The molecule has 2 aliphatic heterocycles. The van der Waals surface area contributed by atoms with Crippen LogP contribution in [0.3, 0.4) is 0 Å². The van der Waals surface area contributed by atoms with Crippen LogP contribution >= 0.6 is 11.6 Å². The molecule has 240 valence electrons. The number of piperazine rings is 1. The van der Waals surface area contributed by atoms with Crippen LogP contribution in [0.15, 0.2) is 54.0 Å². The summed E-state index contributed by atoms with van der Waals surface area (Å²) in [5, 5.41) is 20.6. The molecular weight excluding hydrogens is 630 g/mol. The van der Waals surface area contributed by atoms with Crippen LogP contribution in [0, 0.1) is 23.0 Å². The summed E-state index contributed by atoms with van der Waals surface area (Å²) >= 11 is 6.73. The van der Waals surface area contributed by atoms with Crippen LogP contribution in [0.1, 0.15) is 37.9 Å². The fourth-order valence-electron chi connectivity index (χ4n) is 6.65. The Labute approximate surface area is 273 Å². The number of aromatic hydroxyl groups is 1. The molecule has 2 aromatic heterocycles. The average molecular weight is 659 g/mol. The molecule has 2 aromatic carbocycles. The van der Waals surface area contributed by atoms with Crippen molar-refractivity contribution in [3.05, 3.63) is 87.5 Å². The normalized spacial score (nSPS) is 17.5. The molecular formula is C34H29ClF2N6O4. The van der Waals surface area contributed by atoms with Crippen LogP contribution in [-0.2, 0) is 9.59 Å². The number of aromatic nitrogens is 2. The highest BCUT2D eigenvalue weighted by molar-refractivity contribution is 6.35. The molecule has 0 bridgehead atoms. The molecule has 1 fully saturated rings. The van der Waals surface area contributed by atoms with Crippen LogP contribution < -0.4 is 15.4 Å². The Kier molecular flexibility index (Phi) is 7.76. The van der Waals surface area contributed by atoms with E-state index in [-0.39, 0.29) is 63.5 Å². The highest BCUT2D eigenvalue weighted by Gasteiger charge is 2.46. The molecule has 2 atom stereocenters. The highest BCUT2D eigenvalue weighted by atomic mass is 35.5. The molecule has 4 heterocycles. The Morgan fingerprint density at radius 2 is 1.89 bits per heavy atom. The largest absolute Gasteiger partial charge is 0.507 e. The van der Waals surface area contributed by atoms with Gasteiger partial charge in [0.15, 0.2) is 5.82 Å². The summed E-state index contributed by atoms with van der Waals surface area (Å²) < 4.78 is 33.6. The molecule has 0 radical (unpaired) electrons. The van der Waals surface area contributed by atoms with Crippen molar-refractivity contribution in [3.8, 4) is 28.6 Å². The minimum atomic E-state index is -1.14. The number of carbonyl (C=O) groups excluding carboxylic acids is 2. The Bertz CT molecular complexity index is 2120. The fraction of sp³-hybridized carbons (Fsp3) is 0.265. The Hall–Kier alpha value is -5.28. The molecule has 6 rings (SSSR count). The molecule has 2 aliphatic rings. The van der Waals surface area contributed by atoms with E-state index in [0.29, 0.717) is 5.69 Å². The number of phenolic OH excluding ortho intramolecular Hbond substituents is 1. The van der Waals surface area contributed by atoms with Crippen LogP contribution in [0.25, 0.3) is 27.7 Å². The fourth-order valence-corrected chi connectivity index (χ4v) is 6.94. The quantitative estimate of drug-likeness (QED) is 0.297. The maximum absolute atomic E-state index is 17.3. The number of fused-ring (bicyclic) bond motifs is 5. The number of halogens is 3. The standard InChI is InChI=1S/C34H29ClF2N6O4/c1-6-24(45)41-15-22-33(46)40(5)32-31(42(22)14-17(41)4)19-12-20(35)25(26-21(36)8-7-9-23(26)44)27(37)30(19)43(34(32)47)29-18(13-38)10-11-39-28(29)16(2)3/h6-12,16-17,22,44H,1,14-15H2,2-5H3. The van der Waals surface area contributed by atoms with Gasteiger partial charge in [0.1, 0.15) is 29.4 Å². The second-order valence-corrected chi connectivity index (χ2v) is 12.3. The van der Waals surface area contributed by atoms with Gasteiger partial charge in [-0.05, 0) is 43.2 Å². The minimum Gasteiger partial charge on any atom is -0.507 e. The SMILES string of the molecule is C=CC(=O)N1CC2C(=O)N(C)c3c(c4cc(Cl)c(-c5c(O)cccc5F)c(F)c4n(-c4c(C#N)ccnc4C(C)C)c3=O)N2CC1C. The van der Waals surface area contributed by atoms with Gasteiger partial charge in [0.05, 0.1) is 45.3 Å². The first-order valence-electron chi connectivity index (χ1n) is 14.8. The van der Waals surface area contributed by atoms with E-state index in [1.807, 2.05) is 0 Å². The van der Waals surface area contributed by atoms with Crippen LogP contribution in [0.5, 0.6) is 5.75 Å². The van der Waals surface area contributed by atoms with Crippen molar-refractivity contribution in [1.29, 1.82) is 5.26 Å². The lowest BCUT2D eigenvalue weighted by Crippen LogP contribution is -2.66. The third-order valence-electron chi connectivity index (χ3n) is 8.82. The smallest absolute Gasteiger partial charge is 0.281 e. The third kappa shape index (κ3) is 4.64. The van der Waals surface area contributed by atoms with Crippen molar-refractivity contribution in [2.45, 2.75) is 38.8 Å². The van der Waals surface area contributed by atoms with E-state index in [2.05, 4.69) is 17.6 Å². The van der Waals surface area contributed by atoms with Gasteiger partial charge in [-0.3, -0.25) is 23.9 Å². The molecule has 1 N–H and O–H groups in total. The summed E-state index contributed by atoms with van der Waals surface area (Å²) in [6.45, 7) is 8.99. The molecule has 47 heavy (non-hydrogen) atoms. The van der Waals surface area contributed by atoms with E-state index < -0.39 is 52.1 Å². The Morgan fingerprint density at radius 1 is 1.17 bits per heavy atom. The summed E-state index contributed by atoms with van der Waals surface area (Å²) in [4.78, 5) is 50.2. The number of phenols is 1. The highest BCUT2D eigenvalue weighted by Crippen LogP contribution is 2.47. The van der Waals surface area contributed by atoms with Crippen molar-refractivity contribution in [2.24, 2.45) is 0 Å². The van der Waals surface area contributed by atoms with Crippen LogP contribution in [0.2, 0.25) is 5.02 Å². The molecule has 2 amide bonds. The predicted molar refractivity (Wildman–Crippen MR) is 174 cm³/mol. The van der Waals surface area contributed by atoms with Gasteiger partial charge in [0.2, 0.25) is 5.91 Å². The number of carbonyl (C=O) groups is 2. The molecule has 1 saturated heterocycles. The van der Waals surface area contributed by atoms with Gasteiger partial charge in [-0.15, -0.1) is 0 Å². The van der Waals surface area contributed by atoms with Crippen LogP contribution in [-0.4, -0.2) is 63.6 Å². The zero-order chi connectivity index (χ0) is 34.1. The lowest BCUT2D eigenvalue weighted by Gasteiger charge is -2.50. The first-order valence-corrected chi connectivity index (χ1v) is 15.2. The van der Waals surface area contributed by atoms with Gasteiger partial charge < -0.3 is 19.8 Å². The van der Waals surface area contributed by atoms with Gasteiger partial charge in [-0.2, -0.15) is 5.26 Å². The number of anilines is 2. The number of benzene rings is 2. The monoisotopic (exact) mass is 658 g/mol. The first kappa shape index (κ1) is 31.7. The average Bonchev–Trinajstić information content (AvgIpc) is 3.03. The molecule has 4 aromatic rings. The molecule has 0 saturated carbocycles. The van der Waals surface area contributed by atoms with Gasteiger partial charge in [0.25, 0.3) is 11.5 Å². The molecule has 2 unspecified atom stereocenters. The lowest BCUT2D eigenvalue weighted by atomic mass is 9.95. The second-order valence-electron chi connectivity index (χ2n) is 11.9. The van der Waals surface area contributed by atoms with E-state index >= 15 is 8.78 Å². The van der Waals surface area contributed by atoms with E-state index in [1.54, 1.807) is 25.7 Å². The van der Waals surface area contributed by atoms with Gasteiger partial charge in [-0.1, -0.05) is 38.1 Å². The summed E-state index contributed by atoms with van der Waals surface area (Å²) in [6, 6.07) is 6.90. The molecule has 0 spiro atoms. The summed E-state index contributed by atoms with van der Waals surface area (Å²) in [5.74, 6) is -3.88. The predicted octanol–water partition coefficient (Wildman–Crippen LogP) is 5.25. The van der Waals surface area contributed by atoms with Crippen molar-refractivity contribution < 1.29 is 23.5 Å². The maximum atomic E-state index is 17.3. The van der Waals surface area contributed by atoms with Gasteiger partial charge in [0, 0.05) is 36.8 Å². The molecule has 10 nitrogen and oxygen atoms in total. The van der Waals surface area contributed by atoms with Gasteiger partial charge in [-0.25, -0.2) is 8.78 Å². The Morgan fingerprint density at radius 3 is 2.53 bits per heavy atom. The summed E-state index contributed by atoms with van der Waals surface area (Å²) in [6.07, 6.45) is 2.57. The van der Waals surface area contributed by atoms with E-state index in [9.17, 15) is 24.8 Å². The number of hydrogen-bond donors (Lipinski definition) is 1. The number of amides is 2. The topological polar surface area (TPSA) is 123 Å². The summed E-state index contributed by atoms with van der Waals surface area (Å²) in [7, 11) is 1.41. The van der Waals surface area contributed by atoms with E-state index in [0.717, 1.165) is 16.7 Å². The number of rotatable bonds is 4. The number of likely N-dealkylation sites (N-methyl/N-ethyl adjacent to an activating group) is 1. The van der Waals surface area contributed by atoms with Crippen molar-refractivity contribution in [3.63, 3.8) is 0 Å². The molecule has 13 heteroatoms. The van der Waals surface area contributed by atoms with Crippen molar-refractivity contribution in [2.75, 3.05) is 29.9 Å².